The lowest BCUT2D eigenvalue weighted by Gasteiger charge is -2.28. The number of ether oxygens (including phenoxy) is 1. The van der Waals surface area contributed by atoms with Crippen molar-refractivity contribution in [1.82, 2.24) is 24.4 Å². The molecule has 0 atom stereocenters. The summed E-state index contributed by atoms with van der Waals surface area (Å²) in [6, 6.07) is 12.7. The number of rotatable bonds is 8. The van der Waals surface area contributed by atoms with E-state index in [4.69, 9.17) is 4.74 Å². The molecular weight excluding hydrogens is 537 g/mol. The van der Waals surface area contributed by atoms with E-state index in [-0.39, 0.29) is 11.9 Å². The fraction of sp³-hybridized carbons (Fsp3) is 0.357. The number of halogens is 3. The second-order valence-corrected chi connectivity index (χ2v) is 9.96. The standard InChI is InChI=1S/C28H29F3N8O2/c29-28(30,31)19-3-5-21(6-4-19)34-27-35-25(33-20-7-9-22(10-8-20)37-14-16-41-17-15-37)24-26(36-27)39(18-32-24)13-12-38-11-1-2-23(38)40/h3-10,18H,1-2,11-17H2,(H2,33,34,35,36). The Morgan fingerprint density at radius 1 is 0.878 bits per heavy atom. The molecule has 0 unspecified atom stereocenters. The Morgan fingerprint density at radius 2 is 1.59 bits per heavy atom. The first kappa shape index (κ1) is 26.8. The van der Waals surface area contributed by atoms with Gasteiger partial charge >= 0.3 is 6.18 Å². The monoisotopic (exact) mass is 566 g/mol. The van der Waals surface area contributed by atoms with E-state index >= 15 is 0 Å². The van der Waals surface area contributed by atoms with Gasteiger partial charge in [0.15, 0.2) is 17.0 Å². The number of carbonyl (C=O) groups is 1. The Hall–Kier alpha value is -4.39. The summed E-state index contributed by atoms with van der Waals surface area (Å²) < 4.78 is 46.4. The van der Waals surface area contributed by atoms with Crippen molar-refractivity contribution in [3.8, 4) is 0 Å². The molecule has 4 heterocycles. The van der Waals surface area contributed by atoms with Gasteiger partial charge in [0.2, 0.25) is 11.9 Å². The van der Waals surface area contributed by atoms with Crippen LogP contribution in [0.2, 0.25) is 0 Å². The molecule has 13 heteroatoms. The first-order valence-corrected chi connectivity index (χ1v) is 13.5. The van der Waals surface area contributed by atoms with E-state index in [2.05, 4.69) is 30.5 Å². The highest BCUT2D eigenvalue weighted by atomic mass is 19.4. The number of nitrogens with zero attached hydrogens (tertiary/aromatic N) is 6. The molecule has 1 amide bonds. The minimum Gasteiger partial charge on any atom is -0.378 e. The van der Waals surface area contributed by atoms with E-state index < -0.39 is 11.7 Å². The first-order valence-electron chi connectivity index (χ1n) is 13.5. The summed E-state index contributed by atoms with van der Waals surface area (Å²) in [5.74, 6) is 0.778. The number of morpholine rings is 1. The van der Waals surface area contributed by atoms with Crippen LogP contribution in [0.3, 0.4) is 0 Å². The van der Waals surface area contributed by atoms with Gasteiger partial charge in [0.05, 0.1) is 25.1 Å². The van der Waals surface area contributed by atoms with Gasteiger partial charge in [0, 0.05) is 56.2 Å². The predicted molar refractivity (Wildman–Crippen MR) is 149 cm³/mol. The molecule has 2 aromatic heterocycles. The van der Waals surface area contributed by atoms with Crippen molar-refractivity contribution in [3.05, 3.63) is 60.4 Å². The molecular formula is C28H29F3N8O2. The number of benzene rings is 2. The van der Waals surface area contributed by atoms with Crippen molar-refractivity contribution in [1.29, 1.82) is 0 Å². The molecule has 0 aliphatic carbocycles. The molecule has 2 aliphatic rings. The lowest BCUT2D eigenvalue weighted by Crippen LogP contribution is -2.36. The third-order valence-corrected chi connectivity index (χ3v) is 7.22. The van der Waals surface area contributed by atoms with Crippen LogP contribution in [-0.2, 0) is 22.3 Å². The number of likely N-dealkylation sites (tertiary alicyclic amines) is 1. The molecule has 0 bridgehead atoms. The summed E-state index contributed by atoms with van der Waals surface area (Å²) in [5, 5.41) is 6.35. The van der Waals surface area contributed by atoms with Crippen molar-refractivity contribution in [2.75, 3.05) is 54.9 Å². The number of alkyl halides is 3. The molecule has 0 radical (unpaired) electrons. The van der Waals surface area contributed by atoms with Crippen LogP contribution in [0.5, 0.6) is 0 Å². The molecule has 214 valence electrons. The molecule has 0 spiro atoms. The van der Waals surface area contributed by atoms with E-state index in [1.165, 1.54) is 12.1 Å². The van der Waals surface area contributed by atoms with E-state index in [1.54, 1.807) is 6.33 Å². The van der Waals surface area contributed by atoms with Crippen molar-refractivity contribution < 1.29 is 22.7 Å². The number of aromatic nitrogens is 4. The number of hydrogen-bond donors (Lipinski definition) is 2. The van der Waals surface area contributed by atoms with Crippen LogP contribution >= 0.6 is 0 Å². The van der Waals surface area contributed by atoms with Gasteiger partial charge in [-0.1, -0.05) is 0 Å². The van der Waals surface area contributed by atoms with E-state index in [9.17, 15) is 18.0 Å². The average Bonchev–Trinajstić information content (AvgIpc) is 3.58. The van der Waals surface area contributed by atoms with Crippen molar-refractivity contribution in [3.63, 3.8) is 0 Å². The van der Waals surface area contributed by atoms with Gasteiger partial charge in [-0.3, -0.25) is 4.79 Å². The molecule has 2 saturated heterocycles. The van der Waals surface area contributed by atoms with Gasteiger partial charge < -0.3 is 29.7 Å². The predicted octanol–water partition coefficient (Wildman–Crippen LogP) is 4.79. The zero-order chi connectivity index (χ0) is 28.4. The Balaban J connectivity index is 1.28. The Morgan fingerprint density at radius 3 is 2.27 bits per heavy atom. The third-order valence-electron chi connectivity index (χ3n) is 7.22. The highest BCUT2D eigenvalue weighted by Crippen LogP contribution is 2.31. The smallest absolute Gasteiger partial charge is 0.378 e. The SMILES string of the molecule is O=C1CCCN1CCn1cnc2c(Nc3ccc(N4CCOCC4)cc3)nc(Nc3ccc(C(F)(F)F)cc3)nc21. The van der Waals surface area contributed by atoms with Gasteiger partial charge in [-0.05, 0) is 55.0 Å². The number of nitrogens with one attached hydrogen (secondary N) is 2. The maximum absolute atomic E-state index is 13.0. The molecule has 2 N–H and O–H groups in total. The number of hydrogen-bond acceptors (Lipinski definition) is 8. The third kappa shape index (κ3) is 6.04. The zero-order valence-corrected chi connectivity index (χ0v) is 22.2. The van der Waals surface area contributed by atoms with E-state index in [0.717, 1.165) is 49.6 Å². The summed E-state index contributed by atoms with van der Waals surface area (Å²) in [4.78, 5) is 30.0. The van der Waals surface area contributed by atoms with Crippen molar-refractivity contribution in [2.24, 2.45) is 0 Å². The molecule has 2 aromatic carbocycles. The van der Waals surface area contributed by atoms with E-state index in [1.807, 2.05) is 33.7 Å². The van der Waals surface area contributed by atoms with Gasteiger partial charge in [-0.2, -0.15) is 23.1 Å². The average molecular weight is 567 g/mol. The van der Waals surface area contributed by atoms with Gasteiger partial charge in [-0.25, -0.2) is 4.98 Å². The molecule has 0 saturated carbocycles. The van der Waals surface area contributed by atoms with Crippen LogP contribution in [0.1, 0.15) is 18.4 Å². The van der Waals surface area contributed by atoms with Gasteiger partial charge in [0.1, 0.15) is 0 Å². The molecule has 2 aliphatic heterocycles. The van der Waals surface area contributed by atoms with Crippen molar-refractivity contribution in [2.45, 2.75) is 25.6 Å². The van der Waals surface area contributed by atoms with Gasteiger partial charge in [-0.15, -0.1) is 0 Å². The molecule has 4 aromatic rings. The topological polar surface area (TPSA) is 100 Å². The minimum absolute atomic E-state index is 0.136. The summed E-state index contributed by atoms with van der Waals surface area (Å²) in [7, 11) is 0. The quantitative estimate of drug-likeness (QED) is 0.314. The number of imidazole rings is 1. The lowest BCUT2D eigenvalue weighted by molar-refractivity contribution is -0.137. The van der Waals surface area contributed by atoms with E-state index in [0.29, 0.717) is 55.4 Å². The maximum Gasteiger partial charge on any atom is 0.416 e. The second kappa shape index (κ2) is 11.2. The number of anilines is 5. The van der Waals surface area contributed by atoms with Crippen LogP contribution in [0.15, 0.2) is 54.9 Å². The summed E-state index contributed by atoms with van der Waals surface area (Å²) in [6.45, 7) is 4.81. The summed E-state index contributed by atoms with van der Waals surface area (Å²) in [6.07, 6.45) is -1.35. The van der Waals surface area contributed by atoms with Crippen LogP contribution in [0.4, 0.5) is 42.0 Å². The Bertz CT molecular complexity index is 1520. The number of fused-ring (bicyclic) bond motifs is 1. The molecule has 10 nitrogen and oxygen atoms in total. The minimum atomic E-state index is -4.43. The summed E-state index contributed by atoms with van der Waals surface area (Å²) >= 11 is 0. The van der Waals surface area contributed by atoms with Crippen LogP contribution in [-0.4, -0.2) is 69.7 Å². The first-order chi connectivity index (χ1) is 19.8. The second-order valence-electron chi connectivity index (χ2n) is 9.96. The summed E-state index contributed by atoms with van der Waals surface area (Å²) in [5.41, 5.74) is 2.63. The van der Waals surface area contributed by atoms with Crippen LogP contribution in [0, 0.1) is 0 Å². The lowest BCUT2D eigenvalue weighted by atomic mass is 10.2. The maximum atomic E-state index is 13.0. The van der Waals surface area contributed by atoms with Crippen molar-refractivity contribution >= 4 is 45.9 Å². The van der Waals surface area contributed by atoms with Crippen LogP contribution < -0.4 is 15.5 Å². The number of amides is 1. The molecule has 6 rings (SSSR count). The fourth-order valence-corrected chi connectivity index (χ4v) is 5.01. The Kier molecular flexibility index (Phi) is 7.35. The zero-order valence-electron chi connectivity index (χ0n) is 22.2. The van der Waals surface area contributed by atoms with Gasteiger partial charge in [0.25, 0.3) is 0 Å². The molecule has 2 fully saturated rings. The highest BCUT2D eigenvalue weighted by molar-refractivity contribution is 5.87. The Labute approximate surface area is 234 Å². The molecule has 41 heavy (non-hydrogen) atoms. The normalized spacial score (nSPS) is 16.0. The fourth-order valence-electron chi connectivity index (χ4n) is 5.01. The van der Waals surface area contributed by atoms with Crippen LogP contribution in [0.25, 0.3) is 11.2 Å². The highest BCUT2D eigenvalue weighted by Gasteiger charge is 2.30. The largest absolute Gasteiger partial charge is 0.416 e. The number of carbonyl (C=O) groups excluding carboxylic acids is 1.